The lowest BCUT2D eigenvalue weighted by Gasteiger charge is -2.27. The highest BCUT2D eigenvalue weighted by Gasteiger charge is 2.22. The zero-order valence-corrected chi connectivity index (χ0v) is 10.2. The van der Waals surface area contributed by atoms with Crippen molar-refractivity contribution in [3.8, 4) is 0 Å². The Labute approximate surface area is 97.0 Å². The first-order chi connectivity index (χ1) is 7.45. The monoisotopic (exact) mass is 220 g/mol. The van der Waals surface area contributed by atoms with Gasteiger partial charge >= 0.3 is 0 Å². The quantitative estimate of drug-likeness (QED) is 0.811. The molecule has 88 valence electrons. The Morgan fingerprint density at radius 3 is 2.69 bits per heavy atom. The molecule has 0 aliphatic heterocycles. The van der Waals surface area contributed by atoms with Crippen LogP contribution in [0, 0.1) is 6.92 Å². The number of carbonyl (C=O) groups is 1. The van der Waals surface area contributed by atoms with Crippen LogP contribution in [0.2, 0.25) is 0 Å². The molecule has 0 heterocycles. The molecular formula is C13H20N2O. The molecule has 1 aromatic carbocycles. The third-order valence-electron chi connectivity index (χ3n) is 2.56. The van der Waals surface area contributed by atoms with Crippen LogP contribution in [-0.4, -0.2) is 12.5 Å². The average Bonchev–Trinajstić information content (AvgIpc) is 2.17. The molecule has 0 radical (unpaired) electrons. The van der Waals surface area contributed by atoms with Crippen molar-refractivity contribution in [2.75, 3.05) is 6.54 Å². The molecule has 1 aromatic rings. The molecule has 0 fully saturated rings. The van der Waals surface area contributed by atoms with Gasteiger partial charge in [-0.1, -0.05) is 29.8 Å². The predicted octanol–water partition coefficient (Wildman–Crippen LogP) is 1.70. The van der Waals surface area contributed by atoms with Crippen molar-refractivity contribution in [2.45, 2.75) is 32.7 Å². The number of benzene rings is 1. The summed E-state index contributed by atoms with van der Waals surface area (Å²) in [6, 6.07) is 8.15. The number of nitrogens with one attached hydrogen (secondary N) is 1. The van der Waals surface area contributed by atoms with Crippen LogP contribution >= 0.6 is 0 Å². The van der Waals surface area contributed by atoms with E-state index in [2.05, 4.69) is 11.4 Å². The topological polar surface area (TPSA) is 55.1 Å². The zero-order chi connectivity index (χ0) is 12.2. The van der Waals surface area contributed by atoms with Crippen molar-refractivity contribution >= 4 is 5.91 Å². The Bertz CT molecular complexity index is 372. The number of nitrogens with two attached hydrogens (primary N) is 1. The van der Waals surface area contributed by atoms with Crippen LogP contribution in [-0.2, 0) is 10.3 Å². The van der Waals surface area contributed by atoms with Crippen molar-refractivity contribution in [1.29, 1.82) is 0 Å². The highest BCUT2D eigenvalue weighted by atomic mass is 16.1. The molecule has 0 bridgehead atoms. The van der Waals surface area contributed by atoms with Crippen LogP contribution in [0.5, 0.6) is 0 Å². The smallest absolute Gasteiger partial charge is 0.221 e. The van der Waals surface area contributed by atoms with E-state index in [9.17, 15) is 4.79 Å². The number of hydrogen-bond donors (Lipinski definition) is 2. The predicted molar refractivity (Wildman–Crippen MR) is 66.0 cm³/mol. The van der Waals surface area contributed by atoms with Gasteiger partial charge in [-0.2, -0.15) is 0 Å². The summed E-state index contributed by atoms with van der Waals surface area (Å²) in [6.07, 6.45) is 0.370. The van der Waals surface area contributed by atoms with Crippen molar-refractivity contribution in [1.82, 2.24) is 5.32 Å². The first kappa shape index (κ1) is 12.7. The van der Waals surface area contributed by atoms with Gasteiger partial charge in [0.1, 0.15) is 0 Å². The third-order valence-corrected chi connectivity index (χ3v) is 2.56. The SMILES string of the molecule is Cc1cccc(C(C)(C)NC(=O)CCN)c1. The van der Waals surface area contributed by atoms with Crippen LogP contribution in [0.4, 0.5) is 0 Å². The molecule has 3 nitrogen and oxygen atoms in total. The molecule has 0 saturated heterocycles. The highest BCUT2D eigenvalue weighted by Crippen LogP contribution is 2.20. The molecule has 1 rings (SSSR count). The second-order valence-corrected chi connectivity index (χ2v) is 4.58. The summed E-state index contributed by atoms with van der Waals surface area (Å²) < 4.78 is 0. The summed E-state index contributed by atoms with van der Waals surface area (Å²) >= 11 is 0. The van der Waals surface area contributed by atoms with Gasteiger partial charge in [-0.3, -0.25) is 4.79 Å². The number of carbonyl (C=O) groups excluding carboxylic acids is 1. The van der Waals surface area contributed by atoms with Gasteiger partial charge in [0, 0.05) is 13.0 Å². The average molecular weight is 220 g/mol. The molecule has 16 heavy (non-hydrogen) atoms. The maximum Gasteiger partial charge on any atom is 0.221 e. The maximum atomic E-state index is 11.5. The number of hydrogen-bond acceptors (Lipinski definition) is 2. The molecule has 0 aliphatic carbocycles. The van der Waals surface area contributed by atoms with E-state index in [1.807, 2.05) is 39.0 Å². The van der Waals surface area contributed by atoms with E-state index in [0.717, 1.165) is 5.56 Å². The fraction of sp³-hybridized carbons (Fsp3) is 0.462. The number of rotatable bonds is 4. The Kier molecular flexibility index (Phi) is 4.07. The Balaban J connectivity index is 2.81. The summed E-state index contributed by atoms with van der Waals surface area (Å²) in [7, 11) is 0. The van der Waals surface area contributed by atoms with Gasteiger partial charge < -0.3 is 11.1 Å². The summed E-state index contributed by atoms with van der Waals surface area (Å²) in [5.41, 5.74) is 7.30. The second-order valence-electron chi connectivity index (χ2n) is 4.58. The summed E-state index contributed by atoms with van der Waals surface area (Å²) in [4.78, 5) is 11.5. The molecular weight excluding hydrogens is 200 g/mol. The van der Waals surface area contributed by atoms with E-state index >= 15 is 0 Å². The van der Waals surface area contributed by atoms with Gasteiger partial charge in [-0.05, 0) is 26.3 Å². The van der Waals surface area contributed by atoms with Gasteiger partial charge in [0.2, 0.25) is 5.91 Å². The molecule has 0 aliphatic rings. The van der Waals surface area contributed by atoms with Gasteiger partial charge in [-0.15, -0.1) is 0 Å². The minimum absolute atomic E-state index is 0.00555. The van der Waals surface area contributed by atoms with E-state index < -0.39 is 0 Å². The highest BCUT2D eigenvalue weighted by molar-refractivity contribution is 5.77. The maximum absolute atomic E-state index is 11.5. The molecule has 3 heteroatoms. The number of aryl methyl sites for hydroxylation is 1. The number of amides is 1. The van der Waals surface area contributed by atoms with E-state index in [-0.39, 0.29) is 11.4 Å². The van der Waals surface area contributed by atoms with Gasteiger partial charge in [0.05, 0.1) is 5.54 Å². The minimum Gasteiger partial charge on any atom is -0.347 e. The van der Waals surface area contributed by atoms with Crippen molar-refractivity contribution in [3.63, 3.8) is 0 Å². The lowest BCUT2D eigenvalue weighted by molar-refractivity contribution is -0.122. The molecule has 0 aromatic heterocycles. The van der Waals surface area contributed by atoms with Gasteiger partial charge in [0.25, 0.3) is 0 Å². The van der Waals surface area contributed by atoms with Gasteiger partial charge in [-0.25, -0.2) is 0 Å². The van der Waals surface area contributed by atoms with E-state index in [4.69, 9.17) is 5.73 Å². The molecule has 3 N–H and O–H groups in total. The zero-order valence-electron chi connectivity index (χ0n) is 10.2. The van der Waals surface area contributed by atoms with Crippen LogP contribution in [0.25, 0.3) is 0 Å². The first-order valence-corrected chi connectivity index (χ1v) is 5.54. The van der Waals surface area contributed by atoms with E-state index in [0.29, 0.717) is 13.0 Å². The largest absolute Gasteiger partial charge is 0.347 e. The summed E-state index contributed by atoms with van der Waals surface area (Å²) in [5.74, 6) is -0.00555. The molecule has 0 atom stereocenters. The van der Waals surface area contributed by atoms with E-state index in [1.54, 1.807) is 0 Å². The third kappa shape index (κ3) is 3.35. The van der Waals surface area contributed by atoms with E-state index in [1.165, 1.54) is 5.56 Å². The normalized spacial score (nSPS) is 11.2. The van der Waals surface area contributed by atoms with Crippen LogP contribution in [0.1, 0.15) is 31.4 Å². The molecule has 0 unspecified atom stereocenters. The molecule has 0 saturated carbocycles. The molecule has 0 spiro atoms. The fourth-order valence-electron chi connectivity index (χ4n) is 1.65. The standard InChI is InChI=1S/C13H20N2O/c1-10-5-4-6-11(9-10)13(2,3)15-12(16)7-8-14/h4-6,9H,7-8,14H2,1-3H3,(H,15,16). The Hall–Kier alpha value is -1.35. The van der Waals surface area contributed by atoms with Gasteiger partial charge in [0.15, 0.2) is 0 Å². The van der Waals surface area contributed by atoms with Crippen LogP contribution < -0.4 is 11.1 Å². The van der Waals surface area contributed by atoms with Crippen molar-refractivity contribution < 1.29 is 4.79 Å². The fourth-order valence-corrected chi connectivity index (χ4v) is 1.65. The lowest BCUT2D eigenvalue weighted by Crippen LogP contribution is -2.41. The second kappa shape index (κ2) is 5.12. The van der Waals surface area contributed by atoms with Crippen molar-refractivity contribution in [2.24, 2.45) is 5.73 Å². The minimum atomic E-state index is -0.349. The first-order valence-electron chi connectivity index (χ1n) is 5.54. The van der Waals surface area contributed by atoms with Crippen LogP contribution in [0.15, 0.2) is 24.3 Å². The Morgan fingerprint density at radius 2 is 2.12 bits per heavy atom. The Morgan fingerprint density at radius 1 is 1.44 bits per heavy atom. The van der Waals surface area contributed by atoms with Crippen LogP contribution in [0.3, 0.4) is 0 Å². The van der Waals surface area contributed by atoms with Crippen molar-refractivity contribution in [3.05, 3.63) is 35.4 Å². The lowest BCUT2D eigenvalue weighted by atomic mass is 9.93. The molecule has 1 amide bonds. The summed E-state index contributed by atoms with van der Waals surface area (Å²) in [5, 5.41) is 2.98. The summed E-state index contributed by atoms with van der Waals surface area (Å²) in [6.45, 7) is 6.42.